The number of nitrogens with zero attached hydrogens (tertiary/aromatic N) is 2. The number of halogens is 6. The molecule has 1 saturated carbocycles. The number of aromatic nitrogens is 2. The van der Waals surface area contributed by atoms with E-state index in [-0.39, 0.29) is 46.1 Å². The molecule has 5 aromatic rings. The smallest absolute Gasteiger partial charge is 0.417 e. The number of hydrogen-bond acceptors (Lipinski definition) is 8. The van der Waals surface area contributed by atoms with Crippen molar-refractivity contribution in [3.05, 3.63) is 104 Å². The lowest BCUT2D eigenvalue weighted by molar-refractivity contribution is -0.143. The molecule has 0 spiro atoms. The zero-order valence-corrected chi connectivity index (χ0v) is 32.7. The molecule has 9 nitrogen and oxygen atoms in total. The summed E-state index contributed by atoms with van der Waals surface area (Å²) in [5, 5.41) is 23.3. The third kappa shape index (κ3) is 9.58. The Kier molecular flexibility index (Phi) is 12.5. The number of carbonyl (C=O) groups is 2. The van der Waals surface area contributed by atoms with Crippen molar-refractivity contribution in [1.29, 1.82) is 0 Å². The number of thiazole rings is 1. The third-order valence-electron chi connectivity index (χ3n) is 10.3. The lowest BCUT2D eigenvalue weighted by atomic mass is 9.86. The molecule has 3 heterocycles. The number of aliphatic carboxylic acids is 1. The van der Waals surface area contributed by atoms with E-state index in [9.17, 15) is 27.9 Å². The Labute approximate surface area is 339 Å². The molecule has 5 N–H and O–H groups in total. The second-order valence-electron chi connectivity index (χ2n) is 14.2. The molecule has 1 saturated heterocycles. The van der Waals surface area contributed by atoms with Gasteiger partial charge in [0.2, 0.25) is 5.91 Å². The summed E-state index contributed by atoms with van der Waals surface area (Å²) in [4.78, 5) is 32.2. The number of carboxylic acid groups (broad SMARTS) is 1. The summed E-state index contributed by atoms with van der Waals surface area (Å²) in [5.74, 6) is -1.70. The highest BCUT2D eigenvalue weighted by molar-refractivity contribution is 7.18. The minimum Gasteiger partial charge on any atom is -0.481 e. The monoisotopic (exact) mass is 840 g/mol. The van der Waals surface area contributed by atoms with Gasteiger partial charge in [0.15, 0.2) is 5.82 Å². The summed E-state index contributed by atoms with van der Waals surface area (Å²) in [5.41, 5.74) is 0.931. The van der Waals surface area contributed by atoms with Gasteiger partial charge in [0, 0.05) is 61.0 Å². The molecule has 1 aliphatic heterocycles. The largest absolute Gasteiger partial charge is 0.481 e. The first-order valence-electron chi connectivity index (χ1n) is 18.5. The number of fused-ring (bicyclic) bond motifs is 1. The summed E-state index contributed by atoms with van der Waals surface area (Å²) in [6, 6.07) is 15.4. The van der Waals surface area contributed by atoms with Crippen LogP contribution in [0.3, 0.4) is 0 Å². The van der Waals surface area contributed by atoms with Crippen molar-refractivity contribution >= 4 is 80.0 Å². The second kappa shape index (κ2) is 17.5. The first-order chi connectivity index (χ1) is 27.3. The van der Waals surface area contributed by atoms with Crippen LogP contribution in [0.4, 0.5) is 29.1 Å². The van der Waals surface area contributed by atoms with Crippen molar-refractivity contribution in [3.63, 3.8) is 0 Å². The van der Waals surface area contributed by atoms with Gasteiger partial charge in [0.1, 0.15) is 16.4 Å². The van der Waals surface area contributed by atoms with Crippen LogP contribution in [0.25, 0.3) is 33.2 Å². The van der Waals surface area contributed by atoms with Crippen LogP contribution >= 0.6 is 34.5 Å². The van der Waals surface area contributed by atoms with E-state index in [1.807, 2.05) is 6.07 Å². The zero-order valence-electron chi connectivity index (χ0n) is 30.4. The van der Waals surface area contributed by atoms with E-state index in [0.29, 0.717) is 72.5 Å². The topological polar surface area (TPSA) is 128 Å². The van der Waals surface area contributed by atoms with Crippen LogP contribution in [0.2, 0.25) is 10.0 Å². The van der Waals surface area contributed by atoms with Gasteiger partial charge in [-0.05, 0) is 73.6 Å². The van der Waals surface area contributed by atoms with Gasteiger partial charge in [-0.15, -0.1) is 11.3 Å². The van der Waals surface area contributed by atoms with E-state index in [0.717, 1.165) is 34.7 Å². The Morgan fingerprint density at radius 3 is 2.46 bits per heavy atom. The molecule has 7 rings (SSSR count). The molecule has 1 aliphatic carbocycles. The van der Waals surface area contributed by atoms with E-state index in [2.05, 4.69) is 26.3 Å². The van der Waals surface area contributed by atoms with Crippen LogP contribution < -0.4 is 21.3 Å². The van der Waals surface area contributed by atoms with Crippen molar-refractivity contribution in [2.24, 2.45) is 5.92 Å². The molecule has 2 aliphatic rings. The fourth-order valence-corrected chi connectivity index (χ4v) is 8.73. The minimum atomic E-state index is -4.81. The Morgan fingerprint density at radius 1 is 0.982 bits per heavy atom. The van der Waals surface area contributed by atoms with Gasteiger partial charge in [-0.1, -0.05) is 59.6 Å². The van der Waals surface area contributed by atoms with Gasteiger partial charge in [-0.2, -0.15) is 13.2 Å². The van der Waals surface area contributed by atoms with Crippen LogP contribution in [0.1, 0.15) is 65.8 Å². The van der Waals surface area contributed by atoms with Gasteiger partial charge >= 0.3 is 12.1 Å². The minimum absolute atomic E-state index is 0.0444. The lowest BCUT2D eigenvalue weighted by Gasteiger charge is -2.26. The molecular weight excluding hydrogens is 803 g/mol. The fraction of sp³-hybridized carbons (Fsp3) is 0.317. The Morgan fingerprint density at radius 2 is 1.74 bits per heavy atom. The third-order valence-corrected chi connectivity index (χ3v) is 12.1. The molecule has 298 valence electrons. The summed E-state index contributed by atoms with van der Waals surface area (Å²) in [6.45, 7) is 1.13. The number of nitrogens with one attached hydrogen (secondary N) is 4. The molecule has 0 bridgehead atoms. The maximum atomic E-state index is 16.0. The number of benzene rings is 3. The predicted octanol–water partition coefficient (Wildman–Crippen LogP) is 10.00. The summed E-state index contributed by atoms with van der Waals surface area (Å²) in [6.07, 6.45) is 1.80. The first kappa shape index (κ1) is 40.6. The quantitative estimate of drug-likeness (QED) is 0.0586. The van der Waals surface area contributed by atoms with Crippen molar-refractivity contribution in [2.45, 2.75) is 69.9 Å². The molecule has 1 amide bonds. The standard InChI is InChI=1S/C41H38Cl2F4N6O3S/c42-36-24(18-31(44)29-17-22(7-13-30(29)41(45,46)47)19-48-20-26-12-14-34(54)51-26)3-1-4-27(36)28-5-2-6-32(37(28)43)52-39-38-33(15-16-49-39)57-35(53-38)21-50-25-10-8-23(9-11-25)40(55)56/h1-7,13,15-18,23,25-26,48,50H,8-12,14,19-21H2,(H,49,52)(H,51,54)(H,55,56)/b31-18-/t23?,25?,26-/m0/s1. The van der Waals surface area contributed by atoms with Crippen molar-refractivity contribution < 1.29 is 32.3 Å². The number of anilines is 2. The maximum Gasteiger partial charge on any atom is 0.417 e. The zero-order chi connectivity index (χ0) is 40.3. The molecule has 0 unspecified atom stereocenters. The fourth-order valence-electron chi connectivity index (χ4n) is 7.26. The number of alkyl halides is 3. The molecule has 57 heavy (non-hydrogen) atoms. The summed E-state index contributed by atoms with van der Waals surface area (Å²) >= 11 is 15.3. The molecule has 0 radical (unpaired) electrons. The Hall–Kier alpha value is -4.60. The molecule has 2 aromatic heterocycles. The van der Waals surface area contributed by atoms with Gasteiger partial charge in [-0.25, -0.2) is 14.4 Å². The van der Waals surface area contributed by atoms with E-state index >= 15 is 4.39 Å². The average molecular weight is 842 g/mol. The van der Waals surface area contributed by atoms with Crippen molar-refractivity contribution in [1.82, 2.24) is 25.9 Å². The van der Waals surface area contributed by atoms with Crippen LogP contribution in [0, 0.1) is 5.92 Å². The average Bonchev–Trinajstić information content (AvgIpc) is 3.81. The van der Waals surface area contributed by atoms with E-state index in [4.69, 9.17) is 28.2 Å². The van der Waals surface area contributed by atoms with E-state index < -0.39 is 29.1 Å². The predicted molar refractivity (Wildman–Crippen MR) is 216 cm³/mol. The van der Waals surface area contributed by atoms with Gasteiger partial charge < -0.3 is 26.4 Å². The lowest BCUT2D eigenvalue weighted by Crippen LogP contribution is -2.35. The number of hydrogen-bond donors (Lipinski definition) is 5. The first-order valence-corrected chi connectivity index (χ1v) is 20.0. The molecular formula is C41H38Cl2F4N6O3S. The summed E-state index contributed by atoms with van der Waals surface area (Å²) < 4.78 is 59.1. The van der Waals surface area contributed by atoms with Crippen LogP contribution in [0.15, 0.2) is 66.9 Å². The van der Waals surface area contributed by atoms with Crippen molar-refractivity contribution in [2.75, 3.05) is 11.9 Å². The Bertz CT molecular complexity index is 2330. The normalized spacial score (nSPS) is 18.9. The SMILES string of the molecule is O=C1CC[C@@H](CNCc2ccc(C(F)(F)F)c(/C(F)=C/c3cccc(-c4cccc(Nc5nccc6sc(CNC7CCC(C(=O)O)CC7)nc56)c4Cl)c3Cl)c2)N1. The summed E-state index contributed by atoms with van der Waals surface area (Å²) in [7, 11) is 0. The number of carbonyl (C=O) groups excluding carboxylic acids is 1. The molecule has 2 fully saturated rings. The van der Waals surface area contributed by atoms with Crippen molar-refractivity contribution in [3.8, 4) is 11.1 Å². The van der Waals surface area contributed by atoms with Gasteiger partial charge in [0.05, 0.1) is 31.9 Å². The highest BCUT2D eigenvalue weighted by Gasteiger charge is 2.35. The van der Waals surface area contributed by atoms with E-state index in [1.165, 1.54) is 29.5 Å². The van der Waals surface area contributed by atoms with E-state index in [1.54, 1.807) is 36.5 Å². The van der Waals surface area contributed by atoms with Crippen LogP contribution in [-0.2, 0) is 28.9 Å². The molecule has 1 atom stereocenters. The highest BCUT2D eigenvalue weighted by atomic mass is 35.5. The maximum absolute atomic E-state index is 16.0. The van der Waals surface area contributed by atoms with Gasteiger partial charge in [-0.3, -0.25) is 9.59 Å². The molecule has 3 aromatic carbocycles. The van der Waals surface area contributed by atoms with Crippen LogP contribution in [-0.4, -0.2) is 45.6 Å². The van der Waals surface area contributed by atoms with Crippen LogP contribution in [0.5, 0.6) is 0 Å². The number of pyridine rings is 1. The highest BCUT2D eigenvalue weighted by Crippen LogP contribution is 2.42. The second-order valence-corrected chi connectivity index (χ2v) is 16.1. The van der Waals surface area contributed by atoms with Gasteiger partial charge in [0.25, 0.3) is 0 Å². The Balaban J connectivity index is 1.09. The number of carboxylic acids is 1. The number of amides is 1. The number of rotatable bonds is 13. The molecule has 16 heteroatoms.